The van der Waals surface area contributed by atoms with Crippen molar-refractivity contribution in [2.45, 2.75) is 49.8 Å². The number of rotatable bonds is 6. The first-order valence-electron chi connectivity index (χ1n) is 10.0. The fourth-order valence-electron chi connectivity index (χ4n) is 3.14. The molecule has 0 saturated heterocycles. The van der Waals surface area contributed by atoms with E-state index in [2.05, 4.69) is 62.5 Å². The number of thioether (sulfide) groups is 1. The predicted octanol–water partition coefficient (Wildman–Crippen LogP) is 6.77. The average Bonchev–Trinajstić information content (AvgIpc) is 2.72. The van der Waals surface area contributed by atoms with Gasteiger partial charge < -0.3 is 5.32 Å². The van der Waals surface area contributed by atoms with Crippen LogP contribution in [0.25, 0.3) is 0 Å². The van der Waals surface area contributed by atoms with E-state index in [0.29, 0.717) is 0 Å². The normalized spacial score (nSPS) is 12.4. The molecule has 0 bridgehead atoms. The standard InChI is InChI=1S/C26H29NOS/c1-19(21-14-16-22(17-15-21)26(2,3)4)27-25(28)23-12-8-9-13-24(23)29-18-20-10-6-5-7-11-20/h5-17,19H,18H2,1-4H3,(H,27,28)/t19-/m0/s1. The van der Waals surface area contributed by atoms with Gasteiger partial charge in [-0.1, -0.05) is 87.5 Å². The second-order valence-corrected chi connectivity index (χ2v) is 9.35. The fraction of sp³-hybridized carbons (Fsp3) is 0.269. The Hall–Kier alpha value is -2.52. The molecule has 0 spiro atoms. The number of benzene rings is 3. The molecule has 0 aromatic heterocycles. The van der Waals surface area contributed by atoms with Gasteiger partial charge in [0.05, 0.1) is 11.6 Å². The van der Waals surface area contributed by atoms with Gasteiger partial charge in [0.25, 0.3) is 5.91 Å². The Kier molecular flexibility index (Phi) is 6.81. The quantitative estimate of drug-likeness (QED) is 0.460. The van der Waals surface area contributed by atoms with E-state index in [-0.39, 0.29) is 17.4 Å². The van der Waals surface area contributed by atoms with Crippen LogP contribution in [-0.2, 0) is 11.2 Å². The van der Waals surface area contributed by atoms with Crippen molar-refractivity contribution in [3.05, 3.63) is 101 Å². The topological polar surface area (TPSA) is 29.1 Å². The van der Waals surface area contributed by atoms with Crippen LogP contribution in [0.4, 0.5) is 0 Å². The van der Waals surface area contributed by atoms with E-state index in [1.807, 2.05) is 49.4 Å². The van der Waals surface area contributed by atoms with Crippen LogP contribution >= 0.6 is 11.8 Å². The first-order chi connectivity index (χ1) is 13.8. The molecule has 3 rings (SSSR count). The molecule has 0 aliphatic carbocycles. The molecule has 0 aliphatic rings. The van der Waals surface area contributed by atoms with Crippen molar-refractivity contribution in [3.63, 3.8) is 0 Å². The molecule has 0 radical (unpaired) electrons. The van der Waals surface area contributed by atoms with Gasteiger partial charge in [-0.15, -0.1) is 11.8 Å². The summed E-state index contributed by atoms with van der Waals surface area (Å²) in [5.74, 6) is 0.808. The van der Waals surface area contributed by atoms with E-state index in [0.717, 1.165) is 21.8 Å². The van der Waals surface area contributed by atoms with Gasteiger partial charge in [0, 0.05) is 10.6 Å². The Morgan fingerprint density at radius 2 is 1.52 bits per heavy atom. The largest absolute Gasteiger partial charge is 0.345 e. The van der Waals surface area contributed by atoms with Crippen LogP contribution in [0.3, 0.4) is 0 Å². The zero-order valence-electron chi connectivity index (χ0n) is 17.6. The Bertz CT molecular complexity index is 942. The zero-order valence-corrected chi connectivity index (χ0v) is 18.4. The molecule has 3 heteroatoms. The lowest BCUT2D eigenvalue weighted by molar-refractivity contribution is 0.0937. The number of hydrogen-bond donors (Lipinski definition) is 1. The molecule has 3 aromatic rings. The van der Waals surface area contributed by atoms with Crippen molar-refractivity contribution in [2.24, 2.45) is 0 Å². The monoisotopic (exact) mass is 403 g/mol. The maximum atomic E-state index is 13.0. The van der Waals surface area contributed by atoms with Gasteiger partial charge >= 0.3 is 0 Å². The molecule has 1 atom stereocenters. The van der Waals surface area contributed by atoms with E-state index in [4.69, 9.17) is 0 Å². The molecule has 0 aliphatic heterocycles. The lowest BCUT2D eigenvalue weighted by Crippen LogP contribution is -2.27. The van der Waals surface area contributed by atoms with E-state index >= 15 is 0 Å². The van der Waals surface area contributed by atoms with Crippen LogP contribution in [0.5, 0.6) is 0 Å². The van der Waals surface area contributed by atoms with Gasteiger partial charge in [-0.05, 0) is 41.2 Å². The molecule has 0 fully saturated rings. The van der Waals surface area contributed by atoms with Gasteiger partial charge in [-0.25, -0.2) is 0 Å². The minimum Gasteiger partial charge on any atom is -0.345 e. The molecule has 0 heterocycles. The highest BCUT2D eigenvalue weighted by Gasteiger charge is 2.17. The highest BCUT2D eigenvalue weighted by Crippen LogP contribution is 2.27. The second-order valence-electron chi connectivity index (χ2n) is 8.34. The Balaban J connectivity index is 1.69. The molecule has 150 valence electrons. The Morgan fingerprint density at radius 1 is 0.897 bits per heavy atom. The van der Waals surface area contributed by atoms with Crippen molar-refractivity contribution >= 4 is 17.7 Å². The first kappa shape index (κ1) is 21.2. The molecular weight excluding hydrogens is 374 g/mol. The summed E-state index contributed by atoms with van der Waals surface area (Å²) in [6.07, 6.45) is 0. The van der Waals surface area contributed by atoms with Gasteiger partial charge in [0.1, 0.15) is 0 Å². The van der Waals surface area contributed by atoms with E-state index in [1.54, 1.807) is 11.8 Å². The minimum absolute atomic E-state index is 0.0337. The summed E-state index contributed by atoms with van der Waals surface area (Å²) in [5, 5.41) is 3.16. The van der Waals surface area contributed by atoms with E-state index < -0.39 is 0 Å². The summed E-state index contributed by atoms with van der Waals surface area (Å²) >= 11 is 1.70. The third kappa shape index (κ3) is 5.74. The number of hydrogen-bond acceptors (Lipinski definition) is 2. The molecule has 0 saturated carbocycles. The Morgan fingerprint density at radius 3 is 2.17 bits per heavy atom. The molecular formula is C26H29NOS. The summed E-state index contributed by atoms with van der Waals surface area (Å²) in [6.45, 7) is 8.65. The molecule has 2 nitrogen and oxygen atoms in total. The van der Waals surface area contributed by atoms with Crippen LogP contribution < -0.4 is 5.32 Å². The SMILES string of the molecule is C[C@H](NC(=O)c1ccccc1SCc1ccccc1)c1ccc(C(C)(C)C)cc1. The highest BCUT2D eigenvalue weighted by molar-refractivity contribution is 7.98. The molecule has 1 amide bonds. The van der Waals surface area contributed by atoms with Crippen molar-refractivity contribution in [1.82, 2.24) is 5.32 Å². The minimum atomic E-state index is -0.0521. The molecule has 1 N–H and O–H groups in total. The summed E-state index contributed by atoms with van der Waals surface area (Å²) in [5.41, 5.74) is 4.51. The maximum absolute atomic E-state index is 13.0. The van der Waals surface area contributed by atoms with Gasteiger partial charge in [0.15, 0.2) is 0 Å². The zero-order chi connectivity index (χ0) is 20.9. The smallest absolute Gasteiger partial charge is 0.252 e. The van der Waals surface area contributed by atoms with Crippen LogP contribution in [-0.4, -0.2) is 5.91 Å². The number of carbonyl (C=O) groups is 1. The van der Waals surface area contributed by atoms with Crippen molar-refractivity contribution in [2.75, 3.05) is 0 Å². The third-order valence-electron chi connectivity index (χ3n) is 4.99. The molecule has 0 unspecified atom stereocenters. The predicted molar refractivity (Wildman–Crippen MR) is 123 cm³/mol. The lowest BCUT2D eigenvalue weighted by Gasteiger charge is -2.21. The number of amides is 1. The van der Waals surface area contributed by atoms with E-state index in [1.165, 1.54) is 11.1 Å². The van der Waals surface area contributed by atoms with Gasteiger partial charge in [0.2, 0.25) is 0 Å². The molecule has 29 heavy (non-hydrogen) atoms. The number of carbonyl (C=O) groups excluding carboxylic acids is 1. The lowest BCUT2D eigenvalue weighted by atomic mass is 9.86. The van der Waals surface area contributed by atoms with Crippen LogP contribution in [0.15, 0.2) is 83.8 Å². The second kappa shape index (κ2) is 9.32. The fourth-order valence-corrected chi connectivity index (χ4v) is 4.15. The van der Waals surface area contributed by atoms with Crippen LogP contribution in [0.1, 0.15) is 60.8 Å². The van der Waals surface area contributed by atoms with Crippen molar-refractivity contribution in [1.29, 1.82) is 0 Å². The summed E-state index contributed by atoms with van der Waals surface area (Å²) in [6, 6.07) is 26.6. The van der Waals surface area contributed by atoms with E-state index in [9.17, 15) is 4.79 Å². The van der Waals surface area contributed by atoms with Crippen LogP contribution in [0, 0.1) is 0 Å². The average molecular weight is 404 g/mol. The summed E-state index contributed by atoms with van der Waals surface area (Å²) < 4.78 is 0. The maximum Gasteiger partial charge on any atom is 0.252 e. The van der Waals surface area contributed by atoms with Gasteiger partial charge in [-0.2, -0.15) is 0 Å². The Labute approximate surface area is 178 Å². The summed E-state index contributed by atoms with van der Waals surface area (Å²) in [4.78, 5) is 14.0. The molecule has 3 aromatic carbocycles. The van der Waals surface area contributed by atoms with Crippen molar-refractivity contribution < 1.29 is 4.79 Å². The highest BCUT2D eigenvalue weighted by atomic mass is 32.2. The first-order valence-corrected chi connectivity index (χ1v) is 11.0. The van der Waals surface area contributed by atoms with Crippen molar-refractivity contribution in [3.8, 4) is 0 Å². The van der Waals surface area contributed by atoms with Crippen LogP contribution in [0.2, 0.25) is 0 Å². The third-order valence-corrected chi connectivity index (χ3v) is 6.14. The van der Waals surface area contributed by atoms with Gasteiger partial charge in [-0.3, -0.25) is 4.79 Å². The number of nitrogens with one attached hydrogen (secondary N) is 1. The summed E-state index contributed by atoms with van der Waals surface area (Å²) in [7, 11) is 0.